The van der Waals surface area contributed by atoms with E-state index in [0.29, 0.717) is 0 Å². The standard InChI is InChI=1S/C5H7F3OS/c1-2-3(4(9)10)5(6,7)8/h3H,2H2,1H3,(H,9,10). The average molecular weight is 172 g/mol. The molecule has 0 spiro atoms. The predicted molar refractivity (Wildman–Crippen MR) is 33.8 cm³/mol. The first kappa shape index (κ1) is 9.81. The minimum absolute atomic E-state index is 0.244. The van der Waals surface area contributed by atoms with Crippen molar-refractivity contribution in [2.45, 2.75) is 19.5 Å². The zero-order valence-electron chi connectivity index (χ0n) is 5.27. The second-order valence-corrected chi connectivity index (χ2v) is 2.28. The number of carbonyl (C=O) groups is 1. The molecule has 0 aliphatic rings. The van der Waals surface area contributed by atoms with Crippen molar-refractivity contribution < 1.29 is 18.0 Å². The van der Waals surface area contributed by atoms with Crippen LogP contribution in [0.15, 0.2) is 0 Å². The zero-order valence-corrected chi connectivity index (χ0v) is 6.17. The van der Waals surface area contributed by atoms with Crippen molar-refractivity contribution >= 4 is 17.7 Å². The molecular formula is C5H7F3OS. The van der Waals surface area contributed by atoms with E-state index in [1.165, 1.54) is 6.92 Å². The van der Waals surface area contributed by atoms with Crippen molar-refractivity contribution in [2.75, 3.05) is 0 Å². The van der Waals surface area contributed by atoms with Crippen molar-refractivity contribution in [3.05, 3.63) is 0 Å². The van der Waals surface area contributed by atoms with E-state index in [2.05, 4.69) is 12.6 Å². The van der Waals surface area contributed by atoms with Gasteiger partial charge in [0, 0.05) is 0 Å². The topological polar surface area (TPSA) is 17.1 Å². The van der Waals surface area contributed by atoms with Gasteiger partial charge in [0.15, 0.2) is 5.12 Å². The molecule has 0 aliphatic heterocycles. The van der Waals surface area contributed by atoms with Crippen LogP contribution < -0.4 is 0 Å². The maximum Gasteiger partial charge on any atom is 0.399 e. The molecule has 1 unspecified atom stereocenters. The number of rotatable bonds is 2. The van der Waals surface area contributed by atoms with Crippen molar-refractivity contribution in [3.63, 3.8) is 0 Å². The fourth-order valence-electron chi connectivity index (χ4n) is 0.546. The third kappa shape index (κ3) is 2.60. The molecule has 0 saturated carbocycles. The van der Waals surface area contributed by atoms with Gasteiger partial charge < -0.3 is 0 Å². The molecule has 0 aromatic heterocycles. The molecule has 60 valence electrons. The summed E-state index contributed by atoms with van der Waals surface area (Å²) >= 11 is 3.11. The Kier molecular flexibility index (Phi) is 3.21. The fourth-order valence-corrected chi connectivity index (χ4v) is 0.875. The van der Waals surface area contributed by atoms with Crippen molar-refractivity contribution in [2.24, 2.45) is 5.92 Å². The maximum atomic E-state index is 11.7. The third-order valence-electron chi connectivity index (χ3n) is 1.10. The molecule has 10 heavy (non-hydrogen) atoms. The van der Waals surface area contributed by atoms with Gasteiger partial charge in [-0.2, -0.15) is 13.2 Å². The normalized spacial score (nSPS) is 14.9. The molecule has 0 fully saturated rings. The number of hydrogen-bond acceptors (Lipinski definition) is 1. The van der Waals surface area contributed by atoms with Crippen LogP contribution in [0.3, 0.4) is 0 Å². The van der Waals surface area contributed by atoms with Gasteiger partial charge in [-0.05, 0) is 6.42 Å². The number of alkyl halides is 3. The van der Waals surface area contributed by atoms with Gasteiger partial charge in [0.25, 0.3) is 0 Å². The summed E-state index contributed by atoms with van der Waals surface area (Å²) in [6, 6.07) is 0. The lowest BCUT2D eigenvalue weighted by Crippen LogP contribution is -2.27. The molecule has 0 bridgehead atoms. The van der Waals surface area contributed by atoms with Crippen molar-refractivity contribution in [1.82, 2.24) is 0 Å². The van der Waals surface area contributed by atoms with E-state index in [1.807, 2.05) is 0 Å². The SMILES string of the molecule is CCC(C(=O)S)C(F)(F)F. The van der Waals surface area contributed by atoms with Crippen LogP contribution in [0, 0.1) is 5.92 Å². The Morgan fingerprint density at radius 2 is 2.00 bits per heavy atom. The highest BCUT2D eigenvalue weighted by atomic mass is 32.1. The lowest BCUT2D eigenvalue weighted by Gasteiger charge is -2.13. The van der Waals surface area contributed by atoms with Crippen molar-refractivity contribution in [1.29, 1.82) is 0 Å². The van der Waals surface area contributed by atoms with Gasteiger partial charge in [-0.3, -0.25) is 4.79 Å². The number of carbonyl (C=O) groups excluding carboxylic acids is 1. The summed E-state index contributed by atoms with van der Waals surface area (Å²) in [6.45, 7) is 1.30. The summed E-state index contributed by atoms with van der Waals surface area (Å²) in [7, 11) is 0. The summed E-state index contributed by atoms with van der Waals surface area (Å²) in [6.07, 6.45) is -4.68. The van der Waals surface area contributed by atoms with Crippen LogP contribution in [0.5, 0.6) is 0 Å². The van der Waals surface area contributed by atoms with Gasteiger partial charge in [0.05, 0.1) is 0 Å². The third-order valence-corrected chi connectivity index (χ3v) is 1.41. The molecule has 0 heterocycles. The maximum absolute atomic E-state index is 11.7. The molecule has 0 saturated heterocycles. The van der Waals surface area contributed by atoms with E-state index in [1.54, 1.807) is 0 Å². The van der Waals surface area contributed by atoms with Gasteiger partial charge >= 0.3 is 6.18 Å². The monoisotopic (exact) mass is 172 g/mol. The lowest BCUT2D eigenvalue weighted by atomic mass is 10.1. The van der Waals surface area contributed by atoms with E-state index >= 15 is 0 Å². The minimum Gasteiger partial charge on any atom is -0.287 e. The van der Waals surface area contributed by atoms with E-state index < -0.39 is 17.2 Å². The second-order valence-electron chi connectivity index (χ2n) is 1.84. The molecule has 0 aromatic rings. The lowest BCUT2D eigenvalue weighted by molar-refractivity contribution is -0.176. The Labute approximate surface area is 62.0 Å². The predicted octanol–water partition coefficient (Wildman–Crippen LogP) is 2.03. The Balaban J connectivity index is 4.22. The summed E-state index contributed by atoms with van der Waals surface area (Å²) in [5.74, 6) is -1.91. The van der Waals surface area contributed by atoms with Crippen LogP contribution >= 0.6 is 12.6 Å². The quantitative estimate of drug-likeness (QED) is 0.630. The Hall–Kier alpha value is -0.190. The van der Waals surface area contributed by atoms with Crippen LogP contribution in [0.2, 0.25) is 0 Å². The molecule has 0 aromatic carbocycles. The Bertz CT molecular complexity index is 131. The van der Waals surface area contributed by atoms with Crippen LogP contribution in [0.4, 0.5) is 13.2 Å². The summed E-state index contributed by atoms with van der Waals surface area (Å²) in [4.78, 5) is 10.2. The molecule has 1 atom stereocenters. The number of halogens is 3. The first-order valence-corrected chi connectivity index (χ1v) is 3.13. The van der Waals surface area contributed by atoms with Gasteiger partial charge in [0.2, 0.25) is 0 Å². The smallest absolute Gasteiger partial charge is 0.287 e. The molecule has 0 radical (unpaired) electrons. The second kappa shape index (κ2) is 3.27. The van der Waals surface area contributed by atoms with E-state index in [9.17, 15) is 18.0 Å². The molecule has 0 amide bonds. The molecular weight excluding hydrogens is 165 g/mol. The zero-order chi connectivity index (χ0) is 8.36. The molecule has 0 N–H and O–H groups in total. The molecule has 5 heteroatoms. The first-order valence-electron chi connectivity index (χ1n) is 2.69. The van der Waals surface area contributed by atoms with E-state index in [0.717, 1.165) is 0 Å². The summed E-state index contributed by atoms with van der Waals surface area (Å²) in [5, 5.41) is -1.12. The van der Waals surface area contributed by atoms with Crippen LogP contribution in [0.1, 0.15) is 13.3 Å². The Morgan fingerprint density at radius 1 is 1.60 bits per heavy atom. The highest BCUT2D eigenvalue weighted by Gasteiger charge is 2.41. The molecule has 0 aliphatic carbocycles. The molecule has 0 rings (SSSR count). The van der Waals surface area contributed by atoms with Crippen molar-refractivity contribution in [3.8, 4) is 0 Å². The van der Waals surface area contributed by atoms with Gasteiger partial charge in [-0.25, -0.2) is 0 Å². The van der Waals surface area contributed by atoms with Gasteiger partial charge in [-0.1, -0.05) is 6.92 Å². The van der Waals surface area contributed by atoms with Crippen LogP contribution in [-0.4, -0.2) is 11.3 Å². The van der Waals surface area contributed by atoms with Crippen LogP contribution in [0.25, 0.3) is 0 Å². The Morgan fingerprint density at radius 3 is 2.00 bits per heavy atom. The largest absolute Gasteiger partial charge is 0.399 e. The first-order chi connectivity index (χ1) is 4.39. The summed E-state index contributed by atoms with van der Waals surface area (Å²) < 4.78 is 35.1. The molecule has 1 nitrogen and oxygen atoms in total. The van der Waals surface area contributed by atoms with Gasteiger partial charge in [-0.15, -0.1) is 12.6 Å². The minimum atomic E-state index is -4.44. The van der Waals surface area contributed by atoms with E-state index in [4.69, 9.17) is 0 Å². The number of thiol groups is 1. The highest BCUT2D eigenvalue weighted by molar-refractivity contribution is 7.96. The fraction of sp³-hybridized carbons (Fsp3) is 0.800. The van der Waals surface area contributed by atoms with E-state index in [-0.39, 0.29) is 6.42 Å². The highest BCUT2D eigenvalue weighted by Crippen LogP contribution is 2.29. The summed E-state index contributed by atoms with van der Waals surface area (Å²) in [5.41, 5.74) is 0. The van der Waals surface area contributed by atoms with Crippen LogP contribution in [-0.2, 0) is 4.79 Å². The number of hydrogen-bond donors (Lipinski definition) is 1. The van der Waals surface area contributed by atoms with Gasteiger partial charge in [0.1, 0.15) is 5.92 Å². The average Bonchev–Trinajstić information content (AvgIpc) is 1.60.